The van der Waals surface area contributed by atoms with Gasteiger partial charge in [-0.2, -0.15) is 0 Å². The lowest BCUT2D eigenvalue weighted by molar-refractivity contribution is 0.656. The molecule has 0 bridgehead atoms. The number of aliphatic imine (C=N–C) groups is 1. The van der Waals surface area contributed by atoms with Crippen molar-refractivity contribution in [2.75, 3.05) is 24.5 Å². The molecule has 7 heteroatoms. The van der Waals surface area contributed by atoms with Gasteiger partial charge in [0.2, 0.25) is 0 Å². The number of piperazine rings is 1. The largest absolute Gasteiger partial charge is 0.387 e. The molecule has 7 nitrogen and oxygen atoms in total. The molecule has 0 atom stereocenters. The fourth-order valence-electron chi connectivity index (χ4n) is 3.50. The zero-order chi connectivity index (χ0) is 18.4. The van der Waals surface area contributed by atoms with E-state index in [0.29, 0.717) is 17.9 Å². The molecule has 3 N–H and O–H groups in total. The van der Waals surface area contributed by atoms with Crippen LogP contribution in [0.15, 0.2) is 53.8 Å². The van der Waals surface area contributed by atoms with Crippen LogP contribution in [0.25, 0.3) is 22.4 Å². The summed E-state index contributed by atoms with van der Waals surface area (Å²) in [5.41, 5.74) is 12.2. The Bertz CT molecular complexity index is 1100. The van der Waals surface area contributed by atoms with Crippen LogP contribution in [0.2, 0.25) is 0 Å². The summed E-state index contributed by atoms with van der Waals surface area (Å²) in [7, 11) is 0. The van der Waals surface area contributed by atoms with Gasteiger partial charge in [0, 0.05) is 30.8 Å². The first kappa shape index (κ1) is 15.7. The molecule has 2 aromatic heterocycles. The Morgan fingerprint density at radius 2 is 2.07 bits per heavy atom. The van der Waals surface area contributed by atoms with Crippen LogP contribution in [0.3, 0.4) is 0 Å². The minimum atomic E-state index is 0.637. The third-order valence-corrected chi connectivity index (χ3v) is 4.87. The van der Waals surface area contributed by atoms with E-state index in [4.69, 9.17) is 15.7 Å². The first-order valence-corrected chi connectivity index (χ1v) is 8.92. The number of aromatic nitrogens is 3. The van der Waals surface area contributed by atoms with Gasteiger partial charge in [0.15, 0.2) is 5.65 Å². The number of fused-ring (bicyclic) bond motifs is 2. The van der Waals surface area contributed by atoms with E-state index < -0.39 is 0 Å². The highest BCUT2D eigenvalue weighted by atomic mass is 15.2. The molecule has 0 amide bonds. The fraction of sp³-hybridized carbons (Fsp3) is 0.200. The van der Waals surface area contributed by atoms with Crippen molar-refractivity contribution in [1.29, 1.82) is 0 Å². The second-order valence-electron chi connectivity index (χ2n) is 6.84. The summed E-state index contributed by atoms with van der Waals surface area (Å²) in [5.74, 6) is 1.47. The fourth-order valence-corrected chi connectivity index (χ4v) is 3.50. The quantitative estimate of drug-likeness (QED) is 0.730. The van der Waals surface area contributed by atoms with E-state index in [1.807, 2.05) is 18.2 Å². The van der Waals surface area contributed by atoms with Crippen LogP contribution in [0, 0.1) is 0 Å². The molecule has 5 rings (SSSR count). The predicted molar refractivity (Wildman–Crippen MR) is 107 cm³/mol. The van der Waals surface area contributed by atoms with Crippen molar-refractivity contribution < 1.29 is 0 Å². The van der Waals surface area contributed by atoms with E-state index >= 15 is 0 Å². The minimum absolute atomic E-state index is 0.637. The van der Waals surface area contributed by atoms with Crippen molar-refractivity contribution in [1.82, 2.24) is 20.3 Å². The highest BCUT2D eigenvalue weighted by molar-refractivity contribution is 5.91. The van der Waals surface area contributed by atoms with Crippen molar-refractivity contribution in [2.45, 2.75) is 6.42 Å². The van der Waals surface area contributed by atoms with E-state index in [1.165, 1.54) is 0 Å². The monoisotopic (exact) mass is 357 g/mol. The maximum absolute atomic E-state index is 5.85. The minimum Gasteiger partial charge on any atom is -0.387 e. The van der Waals surface area contributed by atoms with E-state index in [0.717, 1.165) is 59.2 Å². The van der Waals surface area contributed by atoms with Crippen molar-refractivity contribution in [2.24, 2.45) is 10.7 Å². The summed E-state index contributed by atoms with van der Waals surface area (Å²) >= 11 is 0. The van der Waals surface area contributed by atoms with Gasteiger partial charge < -0.3 is 16.0 Å². The number of nitrogens with zero attached hydrogens (tertiary/aromatic N) is 5. The van der Waals surface area contributed by atoms with Gasteiger partial charge >= 0.3 is 0 Å². The molecule has 1 saturated heterocycles. The van der Waals surface area contributed by atoms with Crippen molar-refractivity contribution in [3.05, 3.63) is 54.4 Å². The van der Waals surface area contributed by atoms with Gasteiger partial charge in [0.05, 0.1) is 24.1 Å². The molecule has 1 aromatic carbocycles. The molecule has 3 aromatic rings. The lowest BCUT2D eigenvalue weighted by Gasteiger charge is -2.29. The first-order valence-electron chi connectivity index (χ1n) is 8.92. The molecule has 0 spiro atoms. The number of pyridine rings is 1. The molecule has 0 saturated carbocycles. The number of rotatable bonds is 2. The van der Waals surface area contributed by atoms with Crippen LogP contribution in [0.1, 0.15) is 5.56 Å². The van der Waals surface area contributed by atoms with Gasteiger partial charge in [-0.1, -0.05) is 18.7 Å². The van der Waals surface area contributed by atoms with E-state index in [1.54, 1.807) is 6.20 Å². The summed E-state index contributed by atoms with van der Waals surface area (Å²) in [4.78, 5) is 20.6. The summed E-state index contributed by atoms with van der Waals surface area (Å²) in [6.45, 7) is 6.45. The third kappa shape index (κ3) is 2.87. The molecular formula is C20H19N7. The Balaban J connectivity index is 1.53. The van der Waals surface area contributed by atoms with E-state index in [-0.39, 0.29) is 0 Å². The van der Waals surface area contributed by atoms with E-state index in [2.05, 4.69) is 38.9 Å². The SMILES string of the molecule is C=C1CN(c2cnc3ccc(-c4ccc5c(c4)N=C(N)C5)nc3n2)CCN1. The summed E-state index contributed by atoms with van der Waals surface area (Å²) < 4.78 is 0. The maximum Gasteiger partial charge on any atom is 0.180 e. The standard InChI is InChI=1S/C20H19N7/c1-12-11-27(7-6-22-12)19-10-23-16-5-4-15(25-20(16)26-19)13-2-3-14-9-18(21)24-17(14)8-13/h2-5,8,10,22H,1,6-7,9,11H2,(H2,21,24). The molecule has 4 heterocycles. The van der Waals surface area contributed by atoms with Gasteiger partial charge in [-0.15, -0.1) is 0 Å². The van der Waals surface area contributed by atoms with Gasteiger partial charge in [0.25, 0.3) is 0 Å². The second-order valence-corrected chi connectivity index (χ2v) is 6.84. The Morgan fingerprint density at radius 3 is 2.96 bits per heavy atom. The van der Waals surface area contributed by atoms with Crippen LogP contribution in [0.4, 0.5) is 11.5 Å². The Morgan fingerprint density at radius 1 is 1.15 bits per heavy atom. The van der Waals surface area contributed by atoms with Gasteiger partial charge in [0.1, 0.15) is 17.2 Å². The highest BCUT2D eigenvalue weighted by Crippen LogP contribution is 2.31. The van der Waals surface area contributed by atoms with Crippen molar-refractivity contribution in [3.63, 3.8) is 0 Å². The predicted octanol–water partition coefficient (Wildman–Crippen LogP) is 2.16. The van der Waals surface area contributed by atoms with Gasteiger partial charge in [-0.25, -0.2) is 19.9 Å². The molecule has 2 aliphatic heterocycles. The Kier molecular flexibility index (Phi) is 3.53. The lowest BCUT2D eigenvalue weighted by Crippen LogP contribution is -2.42. The van der Waals surface area contributed by atoms with Crippen LogP contribution >= 0.6 is 0 Å². The van der Waals surface area contributed by atoms with Gasteiger partial charge in [-0.3, -0.25) is 0 Å². The van der Waals surface area contributed by atoms with Crippen LogP contribution in [-0.2, 0) is 6.42 Å². The molecule has 0 unspecified atom stereocenters. The number of nitrogens with one attached hydrogen (secondary N) is 1. The Labute approximate surface area is 156 Å². The number of hydrogen-bond acceptors (Lipinski definition) is 7. The lowest BCUT2D eigenvalue weighted by atomic mass is 10.1. The zero-order valence-electron chi connectivity index (χ0n) is 14.8. The Hall–Kier alpha value is -3.48. The molecule has 1 fully saturated rings. The average molecular weight is 357 g/mol. The number of anilines is 1. The molecule has 134 valence electrons. The van der Waals surface area contributed by atoms with Crippen LogP contribution < -0.4 is 16.0 Å². The summed E-state index contributed by atoms with van der Waals surface area (Å²) in [6, 6.07) is 10.1. The number of nitrogens with two attached hydrogens (primary N) is 1. The van der Waals surface area contributed by atoms with Crippen molar-refractivity contribution >= 4 is 28.5 Å². The maximum atomic E-state index is 5.85. The number of hydrogen-bond donors (Lipinski definition) is 2. The number of benzene rings is 1. The van der Waals surface area contributed by atoms with E-state index in [9.17, 15) is 0 Å². The molecular weight excluding hydrogens is 338 g/mol. The smallest absolute Gasteiger partial charge is 0.180 e. The normalized spacial score (nSPS) is 16.2. The zero-order valence-corrected chi connectivity index (χ0v) is 14.8. The molecule has 0 radical (unpaired) electrons. The molecule has 2 aliphatic rings. The topological polar surface area (TPSA) is 92.3 Å². The summed E-state index contributed by atoms with van der Waals surface area (Å²) in [6.07, 6.45) is 2.51. The first-order chi connectivity index (χ1) is 13.2. The average Bonchev–Trinajstić information content (AvgIpc) is 3.06. The highest BCUT2D eigenvalue weighted by Gasteiger charge is 2.16. The number of amidine groups is 1. The van der Waals surface area contributed by atoms with Gasteiger partial charge in [-0.05, 0) is 23.8 Å². The van der Waals surface area contributed by atoms with Crippen LogP contribution in [-0.4, -0.2) is 40.4 Å². The second kappa shape index (κ2) is 6.05. The molecule has 0 aliphatic carbocycles. The summed E-state index contributed by atoms with van der Waals surface area (Å²) in [5, 5.41) is 3.25. The third-order valence-electron chi connectivity index (χ3n) is 4.87. The molecule has 27 heavy (non-hydrogen) atoms. The van der Waals surface area contributed by atoms with Crippen LogP contribution in [0.5, 0.6) is 0 Å². The van der Waals surface area contributed by atoms with Crippen molar-refractivity contribution in [3.8, 4) is 11.3 Å².